The van der Waals surface area contributed by atoms with Crippen LogP contribution in [-0.4, -0.2) is 5.38 Å². The third-order valence-corrected chi connectivity index (χ3v) is 2.26. The van der Waals surface area contributed by atoms with Gasteiger partial charge in [-0.2, -0.15) is 0 Å². The molecule has 0 aromatic rings. The van der Waals surface area contributed by atoms with Crippen LogP contribution in [0.1, 0.15) is 6.42 Å². The van der Waals surface area contributed by atoms with Crippen molar-refractivity contribution in [2.75, 3.05) is 0 Å². The summed E-state index contributed by atoms with van der Waals surface area (Å²) in [4.78, 5) is 0. The van der Waals surface area contributed by atoms with E-state index in [1.54, 1.807) is 0 Å². The van der Waals surface area contributed by atoms with E-state index in [-0.39, 0.29) is 0 Å². The van der Waals surface area contributed by atoms with E-state index in [0.29, 0.717) is 11.3 Å². The molecule has 2 aliphatic carbocycles. The van der Waals surface area contributed by atoms with Gasteiger partial charge in [-0.3, -0.25) is 0 Å². The van der Waals surface area contributed by atoms with Crippen LogP contribution in [0.3, 0.4) is 0 Å². The van der Waals surface area contributed by atoms with Crippen molar-refractivity contribution in [3.63, 3.8) is 0 Å². The van der Waals surface area contributed by atoms with Crippen LogP contribution < -0.4 is 0 Å². The molecular formula is C7H7Cl. The summed E-state index contributed by atoms with van der Waals surface area (Å²) < 4.78 is 0. The SMILES string of the molecule is ClC1C=C2C=CC1C2. The predicted molar refractivity (Wildman–Crippen MR) is 35.0 cm³/mol. The summed E-state index contributed by atoms with van der Waals surface area (Å²) in [5.74, 6) is 0.631. The molecule has 1 heteroatoms. The molecule has 2 atom stereocenters. The minimum absolute atomic E-state index is 0.301. The maximum absolute atomic E-state index is 5.88. The van der Waals surface area contributed by atoms with Gasteiger partial charge in [-0.1, -0.05) is 23.8 Å². The Balaban J connectivity index is 2.38. The summed E-state index contributed by atoms with van der Waals surface area (Å²) >= 11 is 5.88. The lowest BCUT2D eigenvalue weighted by Gasteiger charge is -2.03. The van der Waals surface area contributed by atoms with E-state index >= 15 is 0 Å². The lowest BCUT2D eigenvalue weighted by atomic mass is 10.1. The number of rotatable bonds is 0. The van der Waals surface area contributed by atoms with E-state index in [1.165, 1.54) is 12.0 Å². The zero-order chi connectivity index (χ0) is 5.56. The second-order valence-electron chi connectivity index (χ2n) is 2.41. The molecule has 0 N–H and O–H groups in total. The van der Waals surface area contributed by atoms with Crippen LogP contribution in [0.4, 0.5) is 0 Å². The summed E-state index contributed by atoms with van der Waals surface area (Å²) in [7, 11) is 0. The summed E-state index contributed by atoms with van der Waals surface area (Å²) in [6, 6.07) is 0. The molecule has 2 aliphatic rings. The van der Waals surface area contributed by atoms with Crippen LogP contribution in [0, 0.1) is 5.92 Å². The molecule has 8 heavy (non-hydrogen) atoms. The average Bonchev–Trinajstić information content (AvgIpc) is 2.23. The van der Waals surface area contributed by atoms with Crippen molar-refractivity contribution >= 4 is 11.6 Å². The van der Waals surface area contributed by atoms with E-state index in [4.69, 9.17) is 11.6 Å². The predicted octanol–water partition coefficient (Wildman–Crippen LogP) is 2.11. The quantitative estimate of drug-likeness (QED) is 0.436. The molecule has 2 unspecified atom stereocenters. The first-order valence-electron chi connectivity index (χ1n) is 2.89. The van der Waals surface area contributed by atoms with Gasteiger partial charge in [0.1, 0.15) is 0 Å². The monoisotopic (exact) mass is 126 g/mol. The van der Waals surface area contributed by atoms with Gasteiger partial charge in [0, 0.05) is 5.92 Å². The first kappa shape index (κ1) is 4.63. The zero-order valence-electron chi connectivity index (χ0n) is 4.47. The zero-order valence-corrected chi connectivity index (χ0v) is 5.23. The molecule has 2 rings (SSSR count). The normalized spacial score (nSPS) is 40.9. The van der Waals surface area contributed by atoms with Gasteiger partial charge in [0.2, 0.25) is 0 Å². The van der Waals surface area contributed by atoms with Gasteiger partial charge in [-0.25, -0.2) is 0 Å². The first-order chi connectivity index (χ1) is 3.86. The molecule has 2 bridgehead atoms. The van der Waals surface area contributed by atoms with Crippen molar-refractivity contribution in [1.29, 1.82) is 0 Å². The highest BCUT2D eigenvalue weighted by atomic mass is 35.5. The second kappa shape index (κ2) is 1.38. The molecule has 0 nitrogen and oxygen atoms in total. The number of halogens is 1. The van der Waals surface area contributed by atoms with Crippen molar-refractivity contribution in [2.45, 2.75) is 11.8 Å². The summed E-state index contributed by atoms with van der Waals surface area (Å²) in [6.45, 7) is 0. The third kappa shape index (κ3) is 0.467. The van der Waals surface area contributed by atoms with E-state index in [0.717, 1.165) is 0 Å². The van der Waals surface area contributed by atoms with Crippen molar-refractivity contribution in [1.82, 2.24) is 0 Å². The second-order valence-corrected chi connectivity index (χ2v) is 2.92. The highest BCUT2D eigenvalue weighted by molar-refractivity contribution is 6.22. The van der Waals surface area contributed by atoms with Crippen molar-refractivity contribution in [3.8, 4) is 0 Å². The Labute approximate surface area is 53.8 Å². The van der Waals surface area contributed by atoms with Crippen molar-refractivity contribution < 1.29 is 0 Å². The molecule has 0 aliphatic heterocycles. The number of hydrogen-bond acceptors (Lipinski definition) is 0. The van der Waals surface area contributed by atoms with E-state index in [9.17, 15) is 0 Å². The van der Waals surface area contributed by atoms with Crippen molar-refractivity contribution in [3.05, 3.63) is 23.8 Å². The molecule has 0 heterocycles. The fourth-order valence-corrected chi connectivity index (χ4v) is 1.66. The number of fused-ring (bicyclic) bond motifs is 2. The van der Waals surface area contributed by atoms with Crippen LogP contribution >= 0.6 is 11.6 Å². The highest BCUT2D eigenvalue weighted by Gasteiger charge is 2.26. The van der Waals surface area contributed by atoms with Crippen LogP contribution in [0.5, 0.6) is 0 Å². The maximum atomic E-state index is 5.88. The Bertz CT molecular complexity index is 167. The Morgan fingerprint density at radius 3 is 2.75 bits per heavy atom. The average molecular weight is 127 g/mol. The Kier molecular flexibility index (Phi) is 0.800. The third-order valence-electron chi connectivity index (χ3n) is 1.81. The fourth-order valence-electron chi connectivity index (χ4n) is 1.33. The van der Waals surface area contributed by atoms with Crippen LogP contribution in [0.2, 0.25) is 0 Å². The van der Waals surface area contributed by atoms with E-state index in [2.05, 4.69) is 18.2 Å². The molecule has 0 amide bonds. The largest absolute Gasteiger partial charge is 0.118 e. The Morgan fingerprint density at radius 1 is 1.62 bits per heavy atom. The number of allylic oxidation sites excluding steroid dienone is 4. The van der Waals surface area contributed by atoms with Crippen LogP contribution in [0.25, 0.3) is 0 Å². The minimum atomic E-state index is 0.301. The van der Waals surface area contributed by atoms with E-state index < -0.39 is 0 Å². The molecule has 0 aromatic carbocycles. The van der Waals surface area contributed by atoms with Gasteiger partial charge in [0.05, 0.1) is 5.38 Å². The molecule has 0 aromatic heterocycles. The highest BCUT2D eigenvalue weighted by Crippen LogP contribution is 2.36. The van der Waals surface area contributed by atoms with Crippen LogP contribution in [-0.2, 0) is 0 Å². The lowest BCUT2D eigenvalue weighted by Crippen LogP contribution is -2.01. The topological polar surface area (TPSA) is 0 Å². The van der Waals surface area contributed by atoms with Crippen LogP contribution in [0.15, 0.2) is 23.8 Å². The molecule has 42 valence electrons. The lowest BCUT2D eigenvalue weighted by molar-refractivity contribution is 0.736. The maximum Gasteiger partial charge on any atom is 0.0587 e. The molecule has 0 saturated carbocycles. The smallest absolute Gasteiger partial charge is 0.0587 e. The first-order valence-corrected chi connectivity index (χ1v) is 3.33. The van der Waals surface area contributed by atoms with Gasteiger partial charge in [-0.15, -0.1) is 11.6 Å². The Morgan fingerprint density at radius 2 is 2.50 bits per heavy atom. The van der Waals surface area contributed by atoms with Gasteiger partial charge in [0.15, 0.2) is 0 Å². The van der Waals surface area contributed by atoms with Gasteiger partial charge in [0.25, 0.3) is 0 Å². The number of alkyl halides is 1. The molecule has 0 saturated heterocycles. The summed E-state index contributed by atoms with van der Waals surface area (Å²) in [5.41, 5.74) is 1.43. The van der Waals surface area contributed by atoms with Crippen molar-refractivity contribution in [2.24, 2.45) is 5.92 Å². The number of hydrogen-bond donors (Lipinski definition) is 0. The van der Waals surface area contributed by atoms with Gasteiger partial charge in [-0.05, 0) is 6.42 Å². The molecular weight excluding hydrogens is 120 g/mol. The molecule has 0 radical (unpaired) electrons. The summed E-state index contributed by atoms with van der Waals surface area (Å²) in [6.07, 6.45) is 7.71. The van der Waals surface area contributed by atoms with E-state index in [1.807, 2.05) is 0 Å². The molecule has 0 fully saturated rings. The fraction of sp³-hybridized carbons (Fsp3) is 0.429. The Hall–Kier alpha value is -0.230. The standard InChI is InChI=1S/C7H7Cl/c8-7-4-5-1-2-6(7)3-5/h1-2,4,6-7H,3H2. The van der Waals surface area contributed by atoms with Gasteiger partial charge < -0.3 is 0 Å². The summed E-state index contributed by atoms with van der Waals surface area (Å²) in [5, 5.41) is 0.301. The van der Waals surface area contributed by atoms with Gasteiger partial charge >= 0.3 is 0 Å². The molecule has 0 spiro atoms. The minimum Gasteiger partial charge on any atom is -0.118 e.